The van der Waals surface area contributed by atoms with Gasteiger partial charge in [0, 0.05) is 0 Å². The van der Waals surface area contributed by atoms with E-state index in [2.05, 4.69) is 37.3 Å². The third-order valence-corrected chi connectivity index (χ3v) is 2.96. The summed E-state index contributed by atoms with van der Waals surface area (Å²) < 4.78 is 5.28. The molecule has 11 heavy (non-hydrogen) atoms. The second-order valence-corrected chi connectivity index (χ2v) is 3.63. The van der Waals surface area contributed by atoms with Crippen molar-refractivity contribution in [2.45, 2.75) is 24.5 Å². The minimum atomic E-state index is 0.376. The maximum atomic E-state index is 5.28. The highest BCUT2D eigenvalue weighted by atomic mass is 16.6. The van der Waals surface area contributed by atoms with Crippen LogP contribution < -0.4 is 0 Å². The lowest BCUT2D eigenvalue weighted by Crippen LogP contribution is -2.16. The lowest BCUT2D eigenvalue weighted by molar-refractivity contribution is 0.204. The molecule has 3 rings (SSSR count). The first kappa shape index (κ1) is 5.78. The Morgan fingerprint density at radius 2 is 1.82 bits per heavy atom. The number of hydrogen-bond donors (Lipinski definition) is 0. The van der Waals surface area contributed by atoms with Gasteiger partial charge >= 0.3 is 0 Å². The zero-order chi connectivity index (χ0) is 7.47. The molecule has 0 bridgehead atoms. The number of hydrogen-bond acceptors (Lipinski definition) is 1. The Balaban J connectivity index is 2.01. The van der Waals surface area contributed by atoms with Crippen molar-refractivity contribution in [3.8, 4) is 0 Å². The fourth-order valence-corrected chi connectivity index (χ4v) is 1.88. The average molecular weight is 146 g/mol. The van der Waals surface area contributed by atoms with Crippen LogP contribution in [0.15, 0.2) is 30.3 Å². The van der Waals surface area contributed by atoms with Crippen molar-refractivity contribution in [2.75, 3.05) is 0 Å². The maximum absolute atomic E-state index is 5.28. The first-order valence-corrected chi connectivity index (χ1v) is 4.04. The molecule has 1 saturated heterocycles. The van der Waals surface area contributed by atoms with Gasteiger partial charge < -0.3 is 4.74 Å². The van der Waals surface area contributed by atoms with Crippen LogP contribution in [0.5, 0.6) is 0 Å². The summed E-state index contributed by atoms with van der Waals surface area (Å²) in [6, 6.07) is 10.6. The topological polar surface area (TPSA) is 12.5 Å². The SMILES string of the molecule is CC1(c2ccccc2)C2OC21. The van der Waals surface area contributed by atoms with Gasteiger partial charge in [0.15, 0.2) is 0 Å². The molecule has 2 fully saturated rings. The zero-order valence-corrected chi connectivity index (χ0v) is 6.45. The van der Waals surface area contributed by atoms with Crippen LogP contribution in [0.25, 0.3) is 0 Å². The van der Waals surface area contributed by atoms with Crippen LogP contribution >= 0.6 is 0 Å². The highest BCUT2D eigenvalue weighted by Crippen LogP contribution is 2.64. The Morgan fingerprint density at radius 1 is 1.18 bits per heavy atom. The summed E-state index contributed by atoms with van der Waals surface area (Å²) in [5.41, 5.74) is 1.81. The molecule has 0 amide bonds. The number of benzene rings is 1. The van der Waals surface area contributed by atoms with E-state index in [-0.39, 0.29) is 0 Å². The third kappa shape index (κ3) is 0.556. The Labute approximate surface area is 66.0 Å². The van der Waals surface area contributed by atoms with Gasteiger partial charge in [0.05, 0.1) is 17.6 Å². The van der Waals surface area contributed by atoms with Crippen molar-refractivity contribution < 1.29 is 4.74 Å². The van der Waals surface area contributed by atoms with E-state index >= 15 is 0 Å². The smallest absolute Gasteiger partial charge is 0.0971 e. The monoisotopic (exact) mass is 146 g/mol. The Kier molecular flexibility index (Phi) is 0.793. The van der Waals surface area contributed by atoms with E-state index in [1.807, 2.05) is 0 Å². The van der Waals surface area contributed by atoms with Crippen LogP contribution in [0.3, 0.4) is 0 Å². The molecule has 56 valence electrons. The zero-order valence-electron chi connectivity index (χ0n) is 6.45. The van der Waals surface area contributed by atoms with E-state index in [9.17, 15) is 0 Å². The van der Waals surface area contributed by atoms with E-state index in [0.717, 1.165) is 0 Å². The highest BCUT2D eigenvalue weighted by Gasteiger charge is 2.77. The summed E-state index contributed by atoms with van der Waals surface area (Å²) in [5, 5.41) is 0. The molecule has 1 aromatic rings. The predicted molar refractivity (Wildman–Crippen MR) is 42.5 cm³/mol. The van der Waals surface area contributed by atoms with E-state index < -0.39 is 0 Å². The molecule has 0 spiro atoms. The van der Waals surface area contributed by atoms with Gasteiger partial charge in [-0.1, -0.05) is 37.3 Å². The van der Waals surface area contributed by atoms with Gasteiger partial charge in [-0.25, -0.2) is 0 Å². The fourth-order valence-electron chi connectivity index (χ4n) is 1.88. The summed E-state index contributed by atoms with van der Waals surface area (Å²) in [6.07, 6.45) is 1.09. The van der Waals surface area contributed by atoms with Gasteiger partial charge in [-0.3, -0.25) is 0 Å². The van der Waals surface area contributed by atoms with Crippen LogP contribution in [0, 0.1) is 0 Å². The summed E-state index contributed by atoms with van der Waals surface area (Å²) in [7, 11) is 0. The molecule has 2 unspecified atom stereocenters. The number of rotatable bonds is 1. The number of epoxide rings is 1. The lowest BCUT2D eigenvalue weighted by atomic mass is 9.96. The van der Waals surface area contributed by atoms with Crippen molar-refractivity contribution in [2.24, 2.45) is 0 Å². The molecule has 0 aromatic heterocycles. The minimum Gasteiger partial charge on any atom is -0.367 e. The lowest BCUT2D eigenvalue weighted by Gasteiger charge is -2.14. The first-order chi connectivity index (χ1) is 5.33. The Bertz CT molecular complexity index is 283. The maximum Gasteiger partial charge on any atom is 0.0971 e. The van der Waals surface area contributed by atoms with Crippen LogP contribution in [0.1, 0.15) is 12.5 Å². The quantitative estimate of drug-likeness (QED) is 0.550. The minimum absolute atomic E-state index is 0.376. The van der Waals surface area contributed by atoms with E-state index in [1.165, 1.54) is 5.56 Å². The first-order valence-electron chi connectivity index (χ1n) is 4.04. The van der Waals surface area contributed by atoms with E-state index in [0.29, 0.717) is 17.6 Å². The van der Waals surface area contributed by atoms with Crippen LogP contribution in [0.2, 0.25) is 0 Å². The van der Waals surface area contributed by atoms with Gasteiger partial charge in [-0.2, -0.15) is 0 Å². The number of fused-ring (bicyclic) bond motifs is 1. The molecule has 1 nitrogen and oxygen atoms in total. The summed E-state index contributed by atoms with van der Waals surface area (Å²) in [4.78, 5) is 0. The molecular weight excluding hydrogens is 136 g/mol. The van der Waals surface area contributed by atoms with Crippen LogP contribution in [0.4, 0.5) is 0 Å². The molecule has 1 aromatic carbocycles. The van der Waals surface area contributed by atoms with Crippen LogP contribution in [-0.4, -0.2) is 12.2 Å². The second-order valence-electron chi connectivity index (χ2n) is 3.63. The molecular formula is C10H10O. The highest BCUT2D eigenvalue weighted by molar-refractivity contribution is 5.44. The van der Waals surface area contributed by atoms with E-state index in [4.69, 9.17) is 4.74 Å². The molecule has 1 saturated carbocycles. The molecule has 0 N–H and O–H groups in total. The molecule has 2 aliphatic rings. The largest absolute Gasteiger partial charge is 0.367 e. The van der Waals surface area contributed by atoms with Gasteiger partial charge in [0.2, 0.25) is 0 Å². The predicted octanol–water partition coefficient (Wildman–Crippen LogP) is 1.73. The van der Waals surface area contributed by atoms with Crippen molar-refractivity contribution in [1.29, 1.82) is 0 Å². The standard InChI is InChI=1S/C10H10O/c1-10(8-9(10)11-8)7-5-3-2-4-6-7/h2-6,8-9H,1H3. The summed E-state index contributed by atoms with van der Waals surface area (Å²) in [5.74, 6) is 0. The summed E-state index contributed by atoms with van der Waals surface area (Å²) >= 11 is 0. The molecule has 2 atom stereocenters. The fraction of sp³-hybridized carbons (Fsp3) is 0.400. The Morgan fingerprint density at radius 3 is 2.27 bits per heavy atom. The van der Waals surface area contributed by atoms with E-state index in [1.54, 1.807) is 0 Å². The molecule has 0 radical (unpaired) electrons. The molecule has 1 heteroatoms. The van der Waals surface area contributed by atoms with Gasteiger partial charge in [0.1, 0.15) is 0 Å². The van der Waals surface area contributed by atoms with Crippen molar-refractivity contribution in [3.05, 3.63) is 35.9 Å². The van der Waals surface area contributed by atoms with Crippen molar-refractivity contribution >= 4 is 0 Å². The summed E-state index contributed by atoms with van der Waals surface area (Å²) in [6.45, 7) is 2.28. The second kappa shape index (κ2) is 1.51. The number of ether oxygens (including phenoxy) is 1. The molecule has 1 heterocycles. The molecule has 1 aliphatic heterocycles. The van der Waals surface area contributed by atoms with Gasteiger partial charge in [-0.05, 0) is 5.56 Å². The Hall–Kier alpha value is -0.820. The van der Waals surface area contributed by atoms with Crippen molar-refractivity contribution in [3.63, 3.8) is 0 Å². The van der Waals surface area contributed by atoms with Crippen LogP contribution in [-0.2, 0) is 10.2 Å². The average Bonchev–Trinajstić information content (AvgIpc) is 2.92. The van der Waals surface area contributed by atoms with Crippen molar-refractivity contribution in [1.82, 2.24) is 0 Å². The molecule has 1 aliphatic carbocycles. The normalized spacial score (nSPS) is 44.8. The van der Waals surface area contributed by atoms with Gasteiger partial charge in [-0.15, -0.1) is 0 Å². The van der Waals surface area contributed by atoms with Gasteiger partial charge in [0.25, 0.3) is 0 Å². The third-order valence-electron chi connectivity index (χ3n) is 2.96.